The standard InChI is InChI=1S/C11H9NO3/c1-7(10(6-12)11(14)15)8-2-4-9(13)5-3-8/h2-5,13H,1H3,(H,14,15)/b10-7+. The van der Waals surface area contributed by atoms with Gasteiger partial charge in [-0.3, -0.25) is 0 Å². The lowest BCUT2D eigenvalue weighted by Gasteiger charge is -2.02. The van der Waals surface area contributed by atoms with Gasteiger partial charge in [-0.15, -0.1) is 0 Å². The summed E-state index contributed by atoms with van der Waals surface area (Å²) >= 11 is 0. The average Bonchev–Trinajstić information content (AvgIpc) is 2.19. The summed E-state index contributed by atoms with van der Waals surface area (Å²) in [5, 5.41) is 26.4. The van der Waals surface area contributed by atoms with Gasteiger partial charge in [-0.2, -0.15) is 5.26 Å². The smallest absolute Gasteiger partial charge is 0.346 e. The zero-order valence-corrected chi connectivity index (χ0v) is 8.06. The quantitative estimate of drug-likeness (QED) is 0.567. The number of benzene rings is 1. The average molecular weight is 203 g/mol. The van der Waals surface area contributed by atoms with Crippen molar-refractivity contribution in [3.05, 3.63) is 35.4 Å². The second-order valence-electron chi connectivity index (χ2n) is 2.96. The number of nitrogens with zero attached hydrogens (tertiary/aromatic N) is 1. The first-order valence-corrected chi connectivity index (χ1v) is 4.20. The molecule has 0 heterocycles. The number of allylic oxidation sites excluding steroid dienone is 1. The van der Waals surface area contributed by atoms with E-state index in [4.69, 9.17) is 15.5 Å². The monoisotopic (exact) mass is 203 g/mol. The third kappa shape index (κ3) is 2.35. The van der Waals surface area contributed by atoms with Crippen molar-refractivity contribution >= 4 is 11.5 Å². The third-order valence-corrected chi connectivity index (χ3v) is 2.00. The number of aliphatic carboxylic acids is 1. The number of carboxylic acid groups (broad SMARTS) is 1. The molecular weight excluding hydrogens is 194 g/mol. The second-order valence-corrected chi connectivity index (χ2v) is 2.96. The zero-order valence-electron chi connectivity index (χ0n) is 8.06. The zero-order chi connectivity index (χ0) is 11.4. The van der Waals surface area contributed by atoms with Gasteiger partial charge in [-0.05, 0) is 30.2 Å². The second kappa shape index (κ2) is 4.29. The van der Waals surface area contributed by atoms with Crippen LogP contribution >= 0.6 is 0 Å². The maximum Gasteiger partial charge on any atom is 0.346 e. The van der Waals surface area contributed by atoms with E-state index >= 15 is 0 Å². The Kier molecular flexibility index (Phi) is 3.09. The Balaban J connectivity index is 3.24. The van der Waals surface area contributed by atoms with Crippen molar-refractivity contribution in [2.24, 2.45) is 0 Å². The lowest BCUT2D eigenvalue weighted by Crippen LogP contribution is -2.00. The molecule has 76 valence electrons. The van der Waals surface area contributed by atoms with E-state index in [1.165, 1.54) is 12.1 Å². The number of phenolic OH excluding ortho intramolecular Hbond substituents is 1. The Hall–Kier alpha value is -2.28. The number of nitriles is 1. The highest BCUT2D eigenvalue weighted by molar-refractivity contribution is 6.00. The fourth-order valence-corrected chi connectivity index (χ4v) is 1.15. The van der Waals surface area contributed by atoms with Crippen molar-refractivity contribution in [2.75, 3.05) is 0 Å². The van der Waals surface area contributed by atoms with Crippen molar-refractivity contribution < 1.29 is 15.0 Å². The van der Waals surface area contributed by atoms with E-state index in [1.54, 1.807) is 25.1 Å². The topological polar surface area (TPSA) is 81.3 Å². The van der Waals surface area contributed by atoms with Gasteiger partial charge in [0.1, 0.15) is 17.4 Å². The van der Waals surface area contributed by atoms with E-state index < -0.39 is 5.97 Å². The first kappa shape index (κ1) is 10.8. The third-order valence-electron chi connectivity index (χ3n) is 2.00. The van der Waals surface area contributed by atoms with Crippen molar-refractivity contribution in [1.29, 1.82) is 5.26 Å². The van der Waals surface area contributed by atoms with Gasteiger partial charge in [-0.25, -0.2) is 4.79 Å². The van der Waals surface area contributed by atoms with Crippen LogP contribution in [0.5, 0.6) is 5.75 Å². The van der Waals surface area contributed by atoms with Crippen LogP contribution < -0.4 is 0 Å². The van der Waals surface area contributed by atoms with E-state index in [1.807, 2.05) is 0 Å². The molecule has 0 bridgehead atoms. The minimum Gasteiger partial charge on any atom is -0.508 e. The normalized spacial score (nSPS) is 11.5. The minimum atomic E-state index is -1.25. The van der Waals surface area contributed by atoms with Gasteiger partial charge in [0.2, 0.25) is 0 Å². The lowest BCUT2D eigenvalue weighted by molar-refractivity contribution is -0.132. The maximum absolute atomic E-state index is 10.7. The van der Waals surface area contributed by atoms with Crippen LogP contribution in [0.2, 0.25) is 0 Å². The van der Waals surface area contributed by atoms with Gasteiger partial charge in [0.25, 0.3) is 0 Å². The molecule has 1 rings (SSSR count). The SMILES string of the molecule is C/C(=C(/C#N)C(=O)O)c1ccc(O)cc1. The molecule has 0 aromatic heterocycles. The van der Waals surface area contributed by atoms with Gasteiger partial charge in [0.15, 0.2) is 0 Å². The highest BCUT2D eigenvalue weighted by Gasteiger charge is 2.11. The number of carboxylic acids is 1. The summed E-state index contributed by atoms with van der Waals surface area (Å²) in [5.74, 6) is -1.15. The molecule has 0 aliphatic heterocycles. The maximum atomic E-state index is 10.7. The predicted molar refractivity (Wildman–Crippen MR) is 53.9 cm³/mol. The van der Waals surface area contributed by atoms with E-state index in [0.29, 0.717) is 11.1 Å². The molecule has 4 nitrogen and oxygen atoms in total. The molecule has 2 N–H and O–H groups in total. The van der Waals surface area contributed by atoms with Crippen LogP contribution in [-0.4, -0.2) is 16.2 Å². The molecule has 0 spiro atoms. The summed E-state index contributed by atoms with van der Waals surface area (Å²) in [6.07, 6.45) is 0. The van der Waals surface area contributed by atoms with Gasteiger partial charge in [-0.1, -0.05) is 12.1 Å². The van der Waals surface area contributed by atoms with Crippen molar-refractivity contribution in [1.82, 2.24) is 0 Å². The largest absolute Gasteiger partial charge is 0.508 e. The molecule has 0 saturated heterocycles. The molecule has 0 unspecified atom stereocenters. The van der Waals surface area contributed by atoms with Crippen LogP contribution in [-0.2, 0) is 4.79 Å². The highest BCUT2D eigenvalue weighted by atomic mass is 16.4. The summed E-state index contributed by atoms with van der Waals surface area (Å²) < 4.78 is 0. The predicted octanol–water partition coefficient (Wildman–Crippen LogP) is 1.77. The number of hydrogen-bond donors (Lipinski definition) is 2. The first-order chi connectivity index (χ1) is 7.06. The Morgan fingerprint density at radius 1 is 1.33 bits per heavy atom. The van der Waals surface area contributed by atoms with Crippen LogP contribution in [0.1, 0.15) is 12.5 Å². The Labute approximate surface area is 86.7 Å². The fourth-order valence-electron chi connectivity index (χ4n) is 1.15. The van der Waals surface area contributed by atoms with Crippen molar-refractivity contribution in [3.8, 4) is 11.8 Å². The van der Waals surface area contributed by atoms with Crippen LogP contribution in [0, 0.1) is 11.3 Å². The Morgan fingerprint density at radius 2 is 1.87 bits per heavy atom. The summed E-state index contributed by atoms with van der Waals surface area (Å²) in [4.78, 5) is 10.7. The minimum absolute atomic E-state index is 0.0976. The molecule has 1 aromatic rings. The van der Waals surface area contributed by atoms with Gasteiger partial charge < -0.3 is 10.2 Å². The molecule has 0 radical (unpaired) electrons. The van der Waals surface area contributed by atoms with Crippen LogP contribution in [0.4, 0.5) is 0 Å². The Morgan fingerprint density at radius 3 is 2.27 bits per heavy atom. The molecule has 4 heteroatoms. The molecule has 1 aromatic carbocycles. The fraction of sp³-hybridized carbons (Fsp3) is 0.0909. The molecule has 0 atom stereocenters. The molecule has 0 saturated carbocycles. The summed E-state index contributed by atoms with van der Waals surface area (Å²) in [6.45, 7) is 1.55. The van der Waals surface area contributed by atoms with E-state index in [9.17, 15) is 4.79 Å². The number of aromatic hydroxyl groups is 1. The van der Waals surface area contributed by atoms with Crippen molar-refractivity contribution in [3.63, 3.8) is 0 Å². The molecule has 15 heavy (non-hydrogen) atoms. The van der Waals surface area contributed by atoms with Crippen molar-refractivity contribution in [2.45, 2.75) is 6.92 Å². The van der Waals surface area contributed by atoms with E-state index in [2.05, 4.69) is 0 Å². The number of rotatable bonds is 2. The van der Waals surface area contributed by atoms with Crippen LogP contribution in [0.25, 0.3) is 5.57 Å². The number of carbonyl (C=O) groups is 1. The molecule has 0 aliphatic carbocycles. The van der Waals surface area contributed by atoms with Gasteiger partial charge >= 0.3 is 5.97 Å². The van der Waals surface area contributed by atoms with Crippen LogP contribution in [0.3, 0.4) is 0 Å². The summed E-state index contributed by atoms with van der Waals surface area (Å²) in [6, 6.07) is 7.63. The van der Waals surface area contributed by atoms with Gasteiger partial charge in [0, 0.05) is 0 Å². The molecule has 0 amide bonds. The van der Waals surface area contributed by atoms with E-state index in [-0.39, 0.29) is 11.3 Å². The lowest BCUT2D eigenvalue weighted by atomic mass is 10.0. The van der Waals surface area contributed by atoms with Gasteiger partial charge in [0.05, 0.1) is 0 Å². The first-order valence-electron chi connectivity index (χ1n) is 4.20. The van der Waals surface area contributed by atoms with E-state index in [0.717, 1.165) is 0 Å². The molecular formula is C11H9NO3. The molecule has 0 fully saturated rings. The number of hydrogen-bond acceptors (Lipinski definition) is 3. The highest BCUT2D eigenvalue weighted by Crippen LogP contribution is 2.20. The molecule has 0 aliphatic rings. The van der Waals surface area contributed by atoms with Crippen LogP contribution in [0.15, 0.2) is 29.8 Å². The number of phenols is 1. The summed E-state index contributed by atoms with van der Waals surface area (Å²) in [7, 11) is 0. The Bertz CT molecular complexity index is 452. The summed E-state index contributed by atoms with van der Waals surface area (Å²) in [5.41, 5.74) is 0.692.